The van der Waals surface area contributed by atoms with Crippen molar-refractivity contribution in [2.45, 2.75) is 13.0 Å². The average molecular weight is 455 g/mol. The molecule has 0 spiro atoms. The fourth-order valence-corrected chi connectivity index (χ4v) is 4.89. The molecule has 2 aromatic heterocycles. The van der Waals surface area contributed by atoms with Gasteiger partial charge < -0.3 is 4.74 Å². The van der Waals surface area contributed by atoms with E-state index in [4.69, 9.17) is 4.74 Å². The number of halogens is 1. The third-order valence-electron chi connectivity index (χ3n) is 5.56. The minimum absolute atomic E-state index is 0.0382. The third-order valence-corrected chi connectivity index (χ3v) is 6.60. The molecule has 0 N–H and O–H groups in total. The molecule has 0 atom stereocenters. The Kier molecular flexibility index (Phi) is 6.06. The molecular weight excluding hydrogens is 431 g/mol. The van der Waals surface area contributed by atoms with E-state index in [0.717, 1.165) is 55.0 Å². The van der Waals surface area contributed by atoms with Gasteiger partial charge in [0.15, 0.2) is 5.13 Å². The van der Waals surface area contributed by atoms with Crippen LogP contribution in [-0.4, -0.2) is 70.2 Å². The summed E-state index contributed by atoms with van der Waals surface area (Å²) in [6.45, 7) is 4.65. The van der Waals surface area contributed by atoms with E-state index in [0.29, 0.717) is 17.2 Å². The number of aromatic nitrogens is 4. The number of thiazole rings is 1. The number of anilines is 1. The molecule has 32 heavy (non-hydrogen) atoms. The van der Waals surface area contributed by atoms with Crippen LogP contribution in [0.3, 0.4) is 0 Å². The highest BCUT2D eigenvalue weighted by molar-refractivity contribution is 7.22. The van der Waals surface area contributed by atoms with Gasteiger partial charge in [-0.25, -0.2) is 14.1 Å². The van der Waals surface area contributed by atoms with Crippen LogP contribution in [0.2, 0.25) is 0 Å². The number of amides is 1. The Hall–Kier alpha value is -2.95. The summed E-state index contributed by atoms with van der Waals surface area (Å²) in [5, 5.41) is 8.78. The van der Waals surface area contributed by atoms with Crippen molar-refractivity contribution >= 4 is 43.6 Å². The molecule has 1 fully saturated rings. The second-order valence-electron chi connectivity index (χ2n) is 7.67. The van der Waals surface area contributed by atoms with Gasteiger partial charge in [0.2, 0.25) is 0 Å². The molecule has 0 aliphatic carbocycles. The molecule has 1 aliphatic heterocycles. The van der Waals surface area contributed by atoms with E-state index >= 15 is 0 Å². The summed E-state index contributed by atoms with van der Waals surface area (Å²) >= 11 is 1.33. The van der Waals surface area contributed by atoms with Crippen LogP contribution in [0.25, 0.3) is 21.3 Å². The van der Waals surface area contributed by atoms with Crippen molar-refractivity contribution in [3.8, 4) is 0 Å². The van der Waals surface area contributed by atoms with Crippen molar-refractivity contribution in [2.24, 2.45) is 0 Å². The van der Waals surface area contributed by atoms with E-state index < -0.39 is 0 Å². The molecule has 0 unspecified atom stereocenters. The lowest BCUT2D eigenvalue weighted by Crippen LogP contribution is -2.40. The lowest BCUT2D eigenvalue weighted by Gasteiger charge is -2.27. The zero-order valence-corrected chi connectivity index (χ0v) is 18.3. The van der Waals surface area contributed by atoms with E-state index in [2.05, 4.69) is 20.2 Å². The molecule has 3 heterocycles. The Morgan fingerprint density at radius 3 is 2.84 bits per heavy atom. The highest BCUT2D eigenvalue weighted by atomic mass is 32.1. The molecule has 1 aliphatic rings. The van der Waals surface area contributed by atoms with Crippen molar-refractivity contribution in [3.05, 3.63) is 48.3 Å². The molecule has 5 rings (SSSR count). The predicted octanol–water partition coefficient (Wildman–Crippen LogP) is 2.94. The van der Waals surface area contributed by atoms with Crippen molar-refractivity contribution < 1.29 is 13.9 Å². The Labute approximate surface area is 188 Å². The van der Waals surface area contributed by atoms with Gasteiger partial charge in [-0.1, -0.05) is 34.7 Å². The van der Waals surface area contributed by atoms with Gasteiger partial charge in [-0.05, 0) is 30.7 Å². The fraction of sp³-hybridized carbons (Fsp3) is 0.364. The average Bonchev–Trinajstić information content (AvgIpc) is 3.43. The second kappa shape index (κ2) is 9.27. The van der Waals surface area contributed by atoms with Gasteiger partial charge in [0, 0.05) is 26.2 Å². The number of ether oxygens (including phenoxy) is 1. The zero-order chi connectivity index (χ0) is 21.9. The molecule has 1 saturated heterocycles. The minimum atomic E-state index is -0.381. The predicted molar refractivity (Wildman–Crippen MR) is 121 cm³/mol. The molecule has 2 aromatic carbocycles. The molecule has 0 saturated carbocycles. The summed E-state index contributed by atoms with van der Waals surface area (Å²) in [7, 11) is 0. The number of benzene rings is 2. The van der Waals surface area contributed by atoms with Crippen LogP contribution in [0.15, 0.2) is 42.5 Å². The Morgan fingerprint density at radius 2 is 2.00 bits per heavy atom. The highest BCUT2D eigenvalue weighted by Gasteiger charge is 2.22. The number of hydrogen-bond acceptors (Lipinski definition) is 7. The van der Waals surface area contributed by atoms with E-state index in [9.17, 15) is 9.18 Å². The van der Waals surface area contributed by atoms with Gasteiger partial charge in [0.05, 0.1) is 23.4 Å². The minimum Gasteiger partial charge on any atom is -0.379 e. The van der Waals surface area contributed by atoms with Crippen LogP contribution in [0, 0.1) is 5.82 Å². The van der Waals surface area contributed by atoms with E-state index in [1.54, 1.807) is 15.6 Å². The van der Waals surface area contributed by atoms with Crippen LogP contribution in [0.4, 0.5) is 9.52 Å². The smallest absolute Gasteiger partial charge is 0.250 e. The zero-order valence-electron chi connectivity index (χ0n) is 17.5. The second-order valence-corrected chi connectivity index (χ2v) is 8.68. The number of carbonyl (C=O) groups excluding carboxylic acids is 1. The number of rotatable bonds is 7. The van der Waals surface area contributed by atoms with Gasteiger partial charge in [0.25, 0.3) is 5.91 Å². The number of para-hydroxylation sites is 2. The molecule has 0 radical (unpaired) electrons. The number of morpholine rings is 1. The molecule has 4 aromatic rings. The molecule has 1 amide bonds. The van der Waals surface area contributed by atoms with E-state index in [1.165, 1.54) is 17.4 Å². The quantitative estimate of drug-likeness (QED) is 0.427. The highest BCUT2D eigenvalue weighted by Crippen LogP contribution is 2.30. The van der Waals surface area contributed by atoms with Crippen molar-refractivity contribution in [1.82, 2.24) is 24.9 Å². The molecule has 0 bridgehead atoms. The normalized spacial score (nSPS) is 14.9. The first kappa shape index (κ1) is 20.9. The van der Waals surface area contributed by atoms with Crippen molar-refractivity contribution in [1.29, 1.82) is 0 Å². The van der Waals surface area contributed by atoms with Gasteiger partial charge >= 0.3 is 0 Å². The maximum absolute atomic E-state index is 14.2. The van der Waals surface area contributed by atoms with E-state index in [-0.39, 0.29) is 18.3 Å². The van der Waals surface area contributed by atoms with E-state index in [1.807, 2.05) is 30.3 Å². The summed E-state index contributed by atoms with van der Waals surface area (Å²) in [6, 6.07) is 12.4. The number of nitrogens with zero attached hydrogens (tertiary/aromatic N) is 6. The fourth-order valence-electron chi connectivity index (χ4n) is 3.87. The summed E-state index contributed by atoms with van der Waals surface area (Å²) in [4.78, 5) is 21.8. The van der Waals surface area contributed by atoms with Crippen LogP contribution in [-0.2, 0) is 16.1 Å². The van der Waals surface area contributed by atoms with Crippen molar-refractivity contribution in [3.63, 3.8) is 0 Å². The topological polar surface area (TPSA) is 76.4 Å². The largest absolute Gasteiger partial charge is 0.379 e. The van der Waals surface area contributed by atoms with Gasteiger partial charge in [-0.3, -0.25) is 14.6 Å². The summed E-state index contributed by atoms with van der Waals surface area (Å²) < 4.78 is 22.0. The Morgan fingerprint density at radius 1 is 1.16 bits per heavy atom. The maximum Gasteiger partial charge on any atom is 0.250 e. The lowest BCUT2D eigenvalue weighted by atomic mass is 10.3. The summed E-state index contributed by atoms with van der Waals surface area (Å²) in [6.07, 6.45) is 0.780. The number of fused-ring (bicyclic) bond motifs is 2. The number of carbonyl (C=O) groups is 1. The Bertz CT molecular complexity index is 1240. The molecule has 8 nitrogen and oxygen atoms in total. The first-order valence-corrected chi connectivity index (χ1v) is 11.4. The monoisotopic (exact) mass is 454 g/mol. The van der Waals surface area contributed by atoms with Crippen LogP contribution in [0.1, 0.15) is 6.42 Å². The van der Waals surface area contributed by atoms with Crippen LogP contribution in [0.5, 0.6) is 0 Å². The SMILES string of the molecule is O=C(Cn1nnc2ccccc21)N(CCCN1CCOCC1)c1nc2c(F)cccc2s1. The third kappa shape index (κ3) is 4.34. The van der Waals surface area contributed by atoms with Crippen LogP contribution >= 0.6 is 11.3 Å². The Balaban J connectivity index is 1.38. The molecule has 10 heteroatoms. The molecular formula is C22H23FN6O2S. The lowest BCUT2D eigenvalue weighted by molar-refractivity contribution is -0.119. The summed E-state index contributed by atoms with van der Waals surface area (Å²) in [5.41, 5.74) is 1.83. The first-order chi connectivity index (χ1) is 15.7. The van der Waals surface area contributed by atoms with Gasteiger partial charge in [-0.2, -0.15) is 0 Å². The first-order valence-electron chi connectivity index (χ1n) is 10.6. The van der Waals surface area contributed by atoms with Gasteiger partial charge in [-0.15, -0.1) is 5.10 Å². The van der Waals surface area contributed by atoms with Gasteiger partial charge in [0.1, 0.15) is 23.4 Å². The van der Waals surface area contributed by atoms with Crippen molar-refractivity contribution in [2.75, 3.05) is 44.3 Å². The standard InChI is InChI=1S/C22H23FN6O2S/c23-16-5-3-8-19-21(16)24-22(32-19)28(10-4-9-27-11-13-31-14-12-27)20(30)15-29-18-7-2-1-6-17(18)25-26-29/h1-3,5-8H,4,9-15H2. The maximum atomic E-state index is 14.2. The molecule has 166 valence electrons. The number of hydrogen-bond donors (Lipinski definition) is 0. The van der Waals surface area contributed by atoms with Crippen LogP contribution < -0.4 is 4.90 Å². The summed E-state index contributed by atoms with van der Waals surface area (Å²) in [5.74, 6) is -0.532.